The fourth-order valence-corrected chi connectivity index (χ4v) is 1.98. The molecular weight excluding hydrogens is 254 g/mol. The van der Waals surface area contributed by atoms with Crippen molar-refractivity contribution in [2.24, 2.45) is 0 Å². The SMILES string of the molecule is CNc1nc(-c2ccc(OC)cc2OC)nc(C)c1C. The quantitative estimate of drug-likeness (QED) is 0.928. The predicted molar refractivity (Wildman–Crippen MR) is 79.6 cm³/mol. The molecule has 0 aliphatic heterocycles. The number of nitrogens with zero attached hydrogens (tertiary/aromatic N) is 2. The number of methoxy groups -OCH3 is 2. The molecule has 0 atom stereocenters. The van der Waals surface area contributed by atoms with Crippen LogP contribution in [0, 0.1) is 13.8 Å². The minimum absolute atomic E-state index is 0.636. The molecule has 0 bridgehead atoms. The first-order valence-corrected chi connectivity index (χ1v) is 6.36. The van der Waals surface area contributed by atoms with E-state index >= 15 is 0 Å². The molecule has 0 saturated heterocycles. The van der Waals surface area contributed by atoms with Crippen LogP contribution in [0.25, 0.3) is 11.4 Å². The number of hydrogen-bond acceptors (Lipinski definition) is 5. The largest absolute Gasteiger partial charge is 0.497 e. The summed E-state index contributed by atoms with van der Waals surface area (Å²) >= 11 is 0. The Morgan fingerprint density at radius 2 is 1.80 bits per heavy atom. The van der Waals surface area contributed by atoms with Gasteiger partial charge in [-0.15, -0.1) is 0 Å². The van der Waals surface area contributed by atoms with E-state index in [1.165, 1.54) is 0 Å². The van der Waals surface area contributed by atoms with Crippen LogP contribution in [0.15, 0.2) is 18.2 Å². The molecule has 0 spiro atoms. The van der Waals surface area contributed by atoms with Crippen molar-refractivity contribution in [3.63, 3.8) is 0 Å². The summed E-state index contributed by atoms with van der Waals surface area (Å²) in [6.07, 6.45) is 0. The molecule has 0 amide bonds. The Bertz CT molecular complexity index is 627. The van der Waals surface area contributed by atoms with Crippen molar-refractivity contribution in [2.45, 2.75) is 13.8 Å². The highest BCUT2D eigenvalue weighted by molar-refractivity contribution is 5.67. The molecule has 106 valence electrons. The van der Waals surface area contributed by atoms with E-state index < -0.39 is 0 Å². The summed E-state index contributed by atoms with van der Waals surface area (Å²) in [5.74, 6) is 2.89. The third kappa shape index (κ3) is 2.52. The van der Waals surface area contributed by atoms with E-state index in [0.29, 0.717) is 11.6 Å². The zero-order valence-corrected chi connectivity index (χ0v) is 12.4. The van der Waals surface area contributed by atoms with Gasteiger partial charge in [-0.25, -0.2) is 9.97 Å². The topological polar surface area (TPSA) is 56.3 Å². The average Bonchev–Trinajstić information content (AvgIpc) is 2.49. The van der Waals surface area contributed by atoms with Crippen LogP contribution < -0.4 is 14.8 Å². The first-order chi connectivity index (χ1) is 9.60. The summed E-state index contributed by atoms with van der Waals surface area (Å²) in [6, 6.07) is 5.60. The van der Waals surface area contributed by atoms with Crippen LogP contribution in [0.4, 0.5) is 5.82 Å². The number of nitrogens with one attached hydrogen (secondary N) is 1. The van der Waals surface area contributed by atoms with Gasteiger partial charge in [-0.1, -0.05) is 0 Å². The second-order valence-electron chi connectivity index (χ2n) is 4.42. The minimum atomic E-state index is 0.636. The molecule has 2 rings (SSSR count). The molecule has 5 nitrogen and oxygen atoms in total. The van der Waals surface area contributed by atoms with E-state index in [0.717, 1.165) is 28.4 Å². The van der Waals surface area contributed by atoms with Crippen molar-refractivity contribution >= 4 is 5.82 Å². The molecule has 0 saturated carbocycles. The van der Waals surface area contributed by atoms with Crippen molar-refractivity contribution in [3.8, 4) is 22.9 Å². The lowest BCUT2D eigenvalue weighted by atomic mass is 10.1. The summed E-state index contributed by atoms with van der Waals surface area (Å²) in [4.78, 5) is 9.09. The van der Waals surface area contributed by atoms with Gasteiger partial charge in [0.2, 0.25) is 0 Å². The normalized spacial score (nSPS) is 10.2. The third-order valence-electron chi connectivity index (χ3n) is 3.28. The van der Waals surface area contributed by atoms with Crippen LogP contribution in [0.5, 0.6) is 11.5 Å². The number of aryl methyl sites for hydroxylation is 1. The number of ether oxygens (including phenoxy) is 2. The Hall–Kier alpha value is -2.30. The van der Waals surface area contributed by atoms with Crippen LogP contribution >= 0.6 is 0 Å². The number of benzene rings is 1. The zero-order chi connectivity index (χ0) is 14.7. The minimum Gasteiger partial charge on any atom is -0.497 e. The van der Waals surface area contributed by atoms with E-state index in [1.807, 2.05) is 39.1 Å². The van der Waals surface area contributed by atoms with E-state index in [2.05, 4.69) is 15.3 Å². The maximum atomic E-state index is 5.41. The molecule has 1 heterocycles. The summed E-state index contributed by atoms with van der Waals surface area (Å²) < 4.78 is 10.6. The van der Waals surface area contributed by atoms with E-state index in [-0.39, 0.29) is 0 Å². The number of aromatic nitrogens is 2. The molecule has 1 N–H and O–H groups in total. The van der Waals surface area contributed by atoms with Gasteiger partial charge in [0.25, 0.3) is 0 Å². The first-order valence-electron chi connectivity index (χ1n) is 6.36. The monoisotopic (exact) mass is 273 g/mol. The zero-order valence-electron chi connectivity index (χ0n) is 12.4. The van der Waals surface area contributed by atoms with Gasteiger partial charge in [0.15, 0.2) is 5.82 Å². The Kier molecular flexibility index (Phi) is 4.08. The van der Waals surface area contributed by atoms with Gasteiger partial charge in [0.1, 0.15) is 17.3 Å². The molecule has 1 aromatic carbocycles. The van der Waals surface area contributed by atoms with Gasteiger partial charge in [-0.3, -0.25) is 0 Å². The fraction of sp³-hybridized carbons (Fsp3) is 0.333. The molecule has 0 unspecified atom stereocenters. The van der Waals surface area contributed by atoms with Crippen LogP contribution in [-0.4, -0.2) is 31.2 Å². The number of rotatable bonds is 4. The molecule has 1 aromatic heterocycles. The smallest absolute Gasteiger partial charge is 0.165 e. The highest BCUT2D eigenvalue weighted by Gasteiger charge is 2.13. The average molecular weight is 273 g/mol. The molecule has 20 heavy (non-hydrogen) atoms. The maximum absolute atomic E-state index is 5.41. The summed E-state index contributed by atoms with van der Waals surface area (Å²) in [7, 11) is 5.10. The van der Waals surface area contributed by atoms with Gasteiger partial charge in [-0.05, 0) is 26.0 Å². The first kappa shape index (κ1) is 14.1. The van der Waals surface area contributed by atoms with Crippen molar-refractivity contribution in [1.82, 2.24) is 9.97 Å². The van der Waals surface area contributed by atoms with Crippen LogP contribution in [0.2, 0.25) is 0 Å². The third-order valence-corrected chi connectivity index (χ3v) is 3.28. The Balaban J connectivity index is 2.59. The van der Waals surface area contributed by atoms with Gasteiger partial charge < -0.3 is 14.8 Å². The van der Waals surface area contributed by atoms with E-state index in [4.69, 9.17) is 9.47 Å². The molecule has 0 aliphatic rings. The van der Waals surface area contributed by atoms with Gasteiger partial charge in [0.05, 0.1) is 19.8 Å². The molecule has 0 fully saturated rings. The Morgan fingerprint density at radius 1 is 1.05 bits per heavy atom. The second kappa shape index (κ2) is 5.77. The number of hydrogen-bond donors (Lipinski definition) is 1. The van der Waals surface area contributed by atoms with Crippen LogP contribution in [-0.2, 0) is 0 Å². The lowest BCUT2D eigenvalue weighted by Crippen LogP contribution is -2.03. The van der Waals surface area contributed by atoms with Crippen LogP contribution in [0.1, 0.15) is 11.3 Å². The standard InChI is InChI=1S/C15H19N3O2/c1-9-10(2)17-15(18-14(9)16-3)12-7-6-11(19-4)8-13(12)20-5/h6-8H,1-5H3,(H,16,17,18). The molecule has 2 aromatic rings. The maximum Gasteiger partial charge on any atom is 0.165 e. The fourth-order valence-electron chi connectivity index (χ4n) is 1.98. The summed E-state index contributed by atoms with van der Waals surface area (Å²) in [5.41, 5.74) is 2.83. The Labute approximate surface area is 119 Å². The van der Waals surface area contributed by atoms with E-state index in [1.54, 1.807) is 14.2 Å². The van der Waals surface area contributed by atoms with Crippen molar-refractivity contribution in [2.75, 3.05) is 26.6 Å². The van der Waals surface area contributed by atoms with E-state index in [9.17, 15) is 0 Å². The van der Waals surface area contributed by atoms with Crippen LogP contribution in [0.3, 0.4) is 0 Å². The Morgan fingerprint density at radius 3 is 2.40 bits per heavy atom. The highest BCUT2D eigenvalue weighted by atomic mass is 16.5. The summed E-state index contributed by atoms with van der Waals surface area (Å²) in [5, 5.41) is 3.09. The predicted octanol–water partition coefficient (Wildman–Crippen LogP) is 2.82. The van der Waals surface area contributed by atoms with Crippen molar-refractivity contribution in [1.29, 1.82) is 0 Å². The molecule has 0 aliphatic carbocycles. The van der Waals surface area contributed by atoms with Gasteiger partial charge >= 0.3 is 0 Å². The molecule has 5 heteroatoms. The lowest BCUT2D eigenvalue weighted by molar-refractivity contribution is 0.395. The van der Waals surface area contributed by atoms with Crippen molar-refractivity contribution < 1.29 is 9.47 Å². The molecule has 0 radical (unpaired) electrons. The highest BCUT2D eigenvalue weighted by Crippen LogP contribution is 2.32. The van der Waals surface area contributed by atoms with Crippen molar-refractivity contribution in [3.05, 3.63) is 29.5 Å². The number of anilines is 1. The lowest BCUT2D eigenvalue weighted by Gasteiger charge is -2.13. The second-order valence-corrected chi connectivity index (χ2v) is 4.42. The van der Waals surface area contributed by atoms with Gasteiger partial charge in [0, 0.05) is 24.4 Å². The summed E-state index contributed by atoms with van der Waals surface area (Å²) in [6.45, 7) is 3.97. The van der Waals surface area contributed by atoms with Gasteiger partial charge in [-0.2, -0.15) is 0 Å². The molecular formula is C15H19N3O2.